The third-order valence-corrected chi connectivity index (χ3v) is 0.891. The molecule has 2 N–H and O–H groups in total. The minimum atomic E-state index is -1.36. The number of hydrogen-bond donors (Lipinski definition) is 1. The molecule has 0 saturated carbocycles. The Hall–Kier alpha value is -0.810. The van der Waals surface area contributed by atoms with Crippen LogP contribution >= 0.6 is 12.4 Å². The number of halogens is 1. The van der Waals surface area contributed by atoms with Crippen molar-refractivity contribution in [3.05, 3.63) is 0 Å². The average molecular weight is 183 g/mol. The Labute approximate surface area is 69.9 Å². The van der Waals surface area contributed by atoms with Crippen molar-refractivity contribution in [3.8, 4) is 0 Å². The van der Waals surface area contributed by atoms with Crippen molar-refractivity contribution in [1.82, 2.24) is 0 Å². The number of hydrogen-bond acceptors (Lipinski definition) is 5. The van der Waals surface area contributed by atoms with E-state index >= 15 is 0 Å². The average Bonchev–Trinajstić information content (AvgIpc) is 1.85. The van der Waals surface area contributed by atoms with Gasteiger partial charge in [-0.15, -0.1) is 12.4 Å². The molecule has 11 heavy (non-hydrogen) atoms. The Bertz CT molecular complexity index is 149. The van der Waals surface area contributed by atoms with Gasteiger partial charge in [-0.3, -0.25) is 4.79 Å². The highest BCUT2D eigenvalue weighted by molar-refractivity contribution is 5.85. The van der Waals surface area contributed by atoms with Crippen LogP contribution in [0.1, 0.15) is 6.42 Å². The van der Waals surface area contributed by atoms with Gasteiger partial charge in [0.1, 0.15) is 6.04 Å². The van der Waals surface area contributed by atoms with E-state index in [-0.39, 0.29) is 12.4 Å². The number of rotatable bonds is 3. The summed E-state index contributed by atoms with van der Waals surface area (Å²) in [4.78, 5) is 20.2. The van der Waals surface area contributed by atoms with Crippen LogP contribution in [0.15, 0.2) is 0 Å². The molecular weight excluding hydrogens is 174 g/mol. The summed E-state index contributed by atoms with van der Waals surface area (Å²) >= 11 is 0. The van der Waals surface area contributed by atoms with E-state index in [1.165, 1.54) is 0 Å². The number of methoxy groups -OCH3 is 1. The molecule has 66 valence electrons. The summed E-state index contributed by atoms with van der Waals surface area (Å²) in [7, 11) is 1.14. The number of carbonyl (C=O) groups is 2. The Morgan fingerprint density at radius 1 is 1.64 bits per heavy atom. The molecule has 5 nitrogen and oxygen atoms in total. The molecule has 0 heterocycles. The maximum Gasteiger partial charge on any atom is 0.323 e. The molecule has 0 rings (SSSR count). The number of carbonyl (C=O) groups excluding carboxylic acids is 2. The van der Waals surface area contributed by atoms with Crippen LogP contribution in [-0.2, 0) is 14.3 Å². The van der Waals surface area contributed by atoms with Crippen LogP contribution in [0.3, 0.4) is 0 Å². The summed E-state index contributed by atoms with van der Waals surface area (Å²) in [5.41, 5.74) is 5.03. The maximum atomic E-state index is 10.4. The van der Waals surface area contributed by atoms with Crippen molar-refractivity contribution in [2.75, 3.05) is 7.11 Å². The molecule has 0 saturated heterocycles. The second-order valence-corrected chi connectivity index (χ2v) is 1.71. The molecule has 1 atom stereocenters. The molecule has 6 heteroatoms. The fourth-order valence-corrected chi connectivity index (χ4v) is 0.414. The molecule has 0 aromatic carbocycles. The minimum Gasteiger partial charge on any atom is -0.550 e. The molecule has 0 aliphatic carbocycles. The maximum absolute atomic E-state index is 10.4. The van der Waals surface area contributed by atoms with Crippen molar-refractivity contribution in [2.24, 2.45) is 5.73 Å². The zero-order chi connectivity index (χ0) is 8.15. The van der Waals surface area contributed by atoms with Crippen LogP contribution in [0.2, 0.25) is 0 Å². The number of esters is 1. The first kappa shape index (κ1) is 12.8. The van der Waals surface area contributed by atoms with Gasteiger partial charge < -0.3 is 20.4 Å². The van der Waals surface area contributed by atoms with Crippen molar-refractivity contribution < 1.29 is 19.4 Å². The van der Waals surface area contributed by atoms with Crippen LogP contribution in [0.5, 0.6) is 0 Å². The standard InChI is InChI=1S/C5H9NO4.ClH/c1-10-5(9)3(6)2-4(7)8;/h3H,2,6H2,1H3,(H,7,8);1H/p-1. The lowest BCUT2D eigenvalue weighted by Gasteiger charge is -2.08. The lowest BCUT2D eigenvalue weighted by atomic mass is 10.2. The second kappa shape index (κ2) is 5.94. The molecule has 0 aliphatic heterocycles. The SMILES string of the molecule is COC(=O)C(N)CC(=O)[O-].Cl. The number of carboxylic acids is 1. The fraction of sp³-hybridized carbons (Fsp3) is 0.600. The van der Waals surface area contributed by atoms with Crippen molar-refractivity contribution in [1.29, 1.82) is 0 Å². The molecule has 0 fully saturated rings. The normalized spacial score (nSPS) is 11.1. The molecule has 0 amide bonds. The van der Waals surface area contributed by atoms with Crippen molar-refractivity contribution in [2.45, 2.75) is 12.5 Å². The summed E-state index contributed by atoms with van der Waals surface area (Å²) in [6, 6.07) is -1.12. The van der Waals surface area contributed by atoms with Crippen LogP contribution in [0.4, 0.5) is 0 Å². The van der Waals surface area contributed by atoms with E-state index in [2.05, 4.69) is 4.74 Å². The second-order valence-electron chi connectivity index (χ2n) is 1.71. The number of carboxylic acid groups (broad SMARTS) is 1. The van der Waals surface area contributed by atoms with Gasteiger partial charge >= 0.3 is 5.97 Å². The van der Waals surface area contributed by atoms with E-state index in [9.17, 15) is 14.7 Å². The zero-order valence-electron chi connectivity index (χ0n) is 5.90. The van der Waals surface area contributed by atoms with Gasteiger partial charge in [-0.25, -0.2) is 0 Å². The summed E-state index contributed by atoms with van der Waals surface area (Å²) in [5.74, 6) is -2.11. The Kier molecular flexibility index (Phi) is 6.92. The van der Waals surface area contributed by atoms with Gasteiger partial charge in [0.15, 0.2) is 0 Å². The molecule has 1 unspecified atom stereocenters. The molecular formula is C5H9ClNO4-. The summed E-state index contributed by atoms with van der Waals surface area (Å²) < 4.78 is 4.16. The molecule has 0 aromatic rings. The Morgan fingerprint density at radius 3 is 2.36 bits per heavy atom. The van der Waals surface area contributed by atoms with Crippen LogP contribution < -0.4 is 10.8 Å². The Morgan fingerprint density at radius 2 is 2.09 bits per heavy atom. The van der Waals surface area contributed by atoms with Gasteiger partial charge in [0, 0.05) is 12.4 Å². The predicted molar refractivity (Wildman–Crippen MR) is 36.9 cm³/mol. The first-order valence-electron chi connectivity index (χ1n) is 2.61. The fourth-order valence-electron chi connectivity index (χ4n) is 0.414. The highest BCUT2D eigenvalue weighted by atomic mass is 35.5. The first-order chi connectivity index (χ1) is 4.57. The molecule has 0 aromatic heterocycles. The van der Waals surface area contributed by atoms with Crippen molar-refractivity contribution in [3.63, 3.8) is 0 Å². The number of ether oxygens (including phenoxy) is 1. The monoisotopic (exact) mass is 182 g/mol. The summed E-state index contributed by atoms with van der Waals surface area (Å²) in [6.45, 7) is 0. The first-order valence-corrected chi connectivity index (χ1v) is 2.61. The van der Waals surface area contributed by atoms with E-state index < -0.39 is 24.4 Å². The minimum absolute atomic E-state index is 0. The van der Waals surface area contributed by atoms with Gasteiger partial charge in [0.2, 0.25) is 0 Å². The molecule has 0 aliphatic rings. The topological polar surface area (TPSA) is 92.5 Å². The van der Waals surface area contributed by atoms with Crippen molar-refractivity contribution >= 4 is 24.3 Å². The lowest BCUT2D eigenvalue weighted by molar-refractivity contribution is -0.306. The van der Waals surface area contributed by atoms with Gasteiger partial charge in [0.05, 0.1) is 7.11 Å². The molecule has 0 bridgehead atoms. The van der Waals surface area contributed by atoms with Crippen LogP contribution in [0.25, 0.3) is 0 Å². The third-order valence-electron chi connectivity index (χ3n) is 0.891. The van der Waals surface area contributed by atoms with Gasteiger partial charge in [0.25, 0.3) is 0 Å². The summed E-state index contributed by atoms with van der Waals surface area (Å²) in [6.07, 6.45) is -0.507. The van der Waals surface area contributed by atoms with E-state index in [0.29, 0.717) is 0 Å². The molecule has 0 spiro atoms. The highest BCUT2D eigenvalue weighted by Crippen LogP contribution is 1.88. The Balaban J connectivity index is 0. The number of aliphatic carboxylic acids is 1. The van der Waals surface area contributed by atoms with Crippen LogP contribution in [0, 0.1) is 0 Å². The van der Waals surface area contributed by atoms with E-state index in [1.807, 2.05) is 0 Å². The largest absolute Gasteiger partial charge is 0.550 e. The highest BCUT2D eigenvalue weighted by Gasteiger charge is 2.12. The van der Waals surface area contributed by atoms with Gasteiger partial charge in [-0.05, 0) is 0 Å². The number of nitrogens with two attached hydrogens (primary N) is 1. The lowest BCUT2D eigenvalue weighted by Crippen LogP contribution is -2.38. The van der Waals surface area contributed by atoms with Crippen LogP contribution in [-0.4, -0.2) is 25.1 Å². The van der Waals surface area contributed by atoms with E-state index in [1.54, 1.807) is 0 Å². The van der Waals surface area contributed by atoms with E-state index in [0.717, 1.165) is 7.11 Å². The predicted octanol–water partition coefficient (Wildman–Crippen LogP) is -1.95. The smallest absolute Gasteiger partial charge is 0.323 e. The van der Waals surface area contributed by atoms with E-state index in [4.69, 9.17) is 5.73 Å². The molecule has 0 radical (unpaired) electrons. The zero-order valence-corrected chi connectivity index (χ0v) is 6.72. The third kappa shape index (κ3) is 5.63. The quantitative estimate of drug-likeness (QED) is 0.512. The summed E-state index contributed by atoms with van der Waals surface area (Å²) in [5, 5.41) is 9.83. The van der Waals surface area contributed by atoms with Gasteiger partial charge in [-0.2, -0.15) is 0 Å². The van der Waals surface area contributed by atoms with Gasteiger partial charge in [-0.1, -0.05) is 0 Å².